The first-order valence-corrected chi connectivity index (χ1v) is 3.78. The summed E-state index contributed by atoms with van der Waals surface area (Å²) in [6.45, 7) is 2.78. The average molecular weight is 164 g/mol. The molecule has 0 saturated heterocycles. The molecule has 0 aliphatic carbocycles. The van der Waals surface area contributed by atoms with E-state index in [1.807, 2.05) is 6.92 Å². The Balaban J connectivity index is 3.00. The van der Waals surface area contributed by atoms with Gasteiger partial charge in [0.25, 0.3) is 0 Å². The maximum Gasteiger partial charge on any atom is 0.125 e. The molecule has 4 nitrogen and oxygen atoms in total. The van der Waals surface area contributed by atoms with Gasteiger partial charge in [-0.2, -0.15) is 0 Å². The van der Waals surface area contributed by atoms with Crippen LogP contribution in [0.2, 0.25) is 0 Å². The highest BCUT2D eigenvalue weighted by atomic mass is 14.9. The minimum absolute atomic E-state index is 0.0633. The zero-order valence-electron chi connectivity index (χ0n) is 6.96. The second-order valence-corrected chi connectivity index (χ2v) is 2.37. The van der Waals surface area contributed by atoms with Gasteiger partial charge in [0.2, 0.25) is 0 Å². The smallest absolute Gasteiger partial charge is 0.125 e. The van der Waals surface area contributed by atoms with Crippen molar-refractivity contribution in [1.29, 1.82) is 5.41 Å². The summed E-state index contributed by atoms with van der Waals surface area (Å²) in [5.41, 5.74) is 6.87. The second kappa shape index (κ2) is 3.71. The maximum atomic E-state index is 7.26. The maximum absolute atomic E-state index is 7.26. The van der Waals surface area contributed by atoms with Crippen LogP contribution >= 0.6 is 0 Å². The number of amidine groups is 1. The lowest BCUT2D eigenvalue weighted by Gasteiger charge is -2.07. The van der Waals surface area contributed by atoms with Gasteiger partial charge in [-0.15, -0.1) is 0 Å². The van der Waals surface area contributed by atoms with E-state index in [2.05, 4.69) is 10.3 Å². The number of anilines is 1. The first-order chi connectivity index (χ1) is 5.75. The Morgan fingerprint density at radius 1 is 1.75 bits per heavy atom. The lowest BCUT2D eigenvalue weighted by molar-refractivity contribution is 1.18. The Hall–Kier alpha value is -1.58. The van der Waals surface area contributed by atoms with E-state index in [9.17, 15) is 0 Å². The summed E-state index contributed by atoms with van der Waals surface area (Å²) in [7, 11) is 0. The van der Waals surface area contributed by atoms with Crippen LogP contribution in [0.3, 0.4) is 0 Å². The molecule has 0 aliphatic rings. The highest BCUT2D eigenvalue weighted by Crippen LogP contribution is 2.11. The van der Waals surface area contributed by atoms with Crippen LogP contribution in [0.15, 0.2) is 18.5 Å². The van der Waals surface area contributed by atoms with Crippen molar-refractivity contribution in [2.45, 2.75) is 6.92 Å². The summed E-state index contributed by atoms with van der Waals surface area (Å²) in [5.74, 6) is 0.0633. The molecule has 0 unspecified atom stereocenters. The minimum Gasteiger partial charge on any atom is -0.384 e. The van der Waals surface area contributed by atoms with Gasteiger partial charge in [0.1, 0.15) is 5.84 Å². The molecule has 1 heterocycles. The van der Waals surface area contributed by atoms with Crippen LogP contribution in [0.25, 0.3) is 0 Å². The third-order valence-electron chi connectivity index (χ3n) is 1.48. The molecule has 1 aromatic heterocycles. The molecule has 0 atom stereocenters. The molecule has 0 amide bonds. The van der Waals surface area contributed by atoms with Crippen molar-refractivity contribution in [3.05, 3.63) is 24.0 Å². The lowest BCUT2D eigenvalue weighted by atomic mass is 10.2. The average Bonchev–Trinajstić information content (AvgIpc) is 2.05. The van der Waals surface area contributed by atoms with E-state index in [1.165, 1.54) is 0 Å². The normalized spacial score (nSPS) is 9.42. The van der Waals surface area contributed by atoms with Gasteiger partial charge in [0.05, 0.1) is 11.9 Å². The first kappa shape index (κ1) is 8.52. The number of hydrogen-bond donors (Lipinski definition) is 3. The molecule has 64 valence electrons. The number of pyridine rings is 1. The van der Waals surface area contributed by atoms with E-state index in [1.54, 1.807) is 18.5 Å². The standard InChI is InChI=1S/C8H12N4/c1-2-12-7-5-11-4-3-6(7)8(9)10/h3-5,12H,2H2,1H3,(H3,9,10). The molecule has 1 rings (SSSR count). The van der Waals surface area contributed by atoms with Gasteiger partial charge in [-0.25, -0.2) is 0 Å². The molecule has 0 spiro atoms. The SMILES string of the molecule is CCNc1cnccc1C(=N)N. The van der Waals surface area contributed by atoms with Crippen molar-refractivity contribution in [3.63, 3.8) is 0 Å². The molecule has 0 saturated carbocycles. The minimum atomic E-state index is 0.0633. The fraction of sp³-hybridized carbons (Fsp3) is 0.250. The van der Waals surface area contributed by atoms with Gasteiger partial charge < -0.3 is 11.1 Å². The monoisotopic (exact) mass is 164 g/mol. The number of aromatic nitrogens is 1. The van der Waals surface area contributed by atoms with Crippen LogP contribution in [0.5, 0.6) is 0 Å². The molecular formula is C8H12N4. The highest BCUT2D eigenvalue weighted by molar-refractivity contribution is 5.99. The Morgan fingerprint density at radius 2 is 2.50 bits per heavy atom. The summed E-state index contributed by atoms with van der Waals surface area (Å²) >= 11 is 0. The lowest BCUT2D eigenvalue weighted by Crippen LogP contribution is -2.14. The van der Waals surface area contributed by atoms with Crippen molar-refractivity contribution in [1.82, 2.24) is 4.98 Å². The van der Waals surface area contributed by atoms with Crippen molar-refractivity contribution in [2.24, 2.45) is 5.73 Å². The van der Waals surface area contributed by atoms with Crippen molar-refractivity contribution < 1.29 is 0 Å². The van der Waals surface area contributed by atoms with Crippen LogP contribution < -0.4 is 11.1 Å². The first-order valence-electron chi connectivity index (χ1n) is 3.78. The van der Waals surface area contributed by atoms with Crippen LogP contribution in [0.1, 0.15) is 12.5 Å². The summed E-state index contributed by atoms with van der Waals surface area (Å²) in [6, 6.07) is 1.72. The molecule has 4 heteroatoms. The molecule has 1 aromatic rings. The third-order valence-corrected chi connectivity index (χ3v) is 1.48. The summed E-state index contributed by atoms with van der Waals surface area (Å²) in [6.07, 6.45) is 3.29. The van der Waals surface area contributed by atoms with Crippen LogP contribution in [0.4, 0.5) is 5.69 Å². The van der Waals surface area contributed by atoms with Crippen molar-refractivity contribution in [3.8, 4) is 0 Å². The second-order valence-electron chi connectivity index (χ2n) is 2.37. The molecular weight excluding hydrogens is 152 g/mol. The predicted octanol–water partition coefficient (Wildman–Crippen LogP) is 0.797. The number of hydrogen-bond acceptors (Lipinski definition) is 3. The van der Waals surface area contributed by atoms with E-state index in [4.69, 9.17) is 11.1 Å². The number of nitrogens with one attached hydrogen (secondary N) is 2. The molecule has 4 N–H and O–H groups in total. The number of nitrogens with two attached hydrogens (primary N) is 1. The summed E-state index contributed by atoms with van der Waals surface area (Å²) in [5, 5.41) is 10.3. The van der Waals surface area contributed by atoms with Gasteiger partial charge in [-0.1, -0.05) is 0 Å². The van der Waals surface area contributed by atoms with Crippen molar-refractivity contribution in [2.75, 3.05) is 11.9 Å². The fourth-order valence-electron chi connectivity index (χ4n) is 0.961. The zero-order valence-corrected chi connectivity index (χ0v) is 6.96. The van der Waals surface area contributed by atoms with Crippen LogP contribution in [-0.2, 0) is 0 Å². The topological polar surface area (TPSA) is 74.8 Å². The zero-order chi connectivity index (χ0) is 8.97. The van der Waals surface area contributed by atoms with E-state index in [0.29, 0.717) is 5.56 Å². The quantitative estimate of drug-likeness (QED) is 0.457. The van der Waals surface area contributed by atoms with Crippen molar-refractivity contribution >= 4 is 11.5 Å². The number of nitrogens with zero attached hydrogens (tertiary/aromatic N) is 1. The Bertz CT molecular complexity index is 282. The number of nitrogen functional groups attached to an aromatic ring is 1. The Morgan fingerprint density at radius 3 is 3.08 bits per heavy atom. The largest absolute Gasteiger partial charge is 0.384 e. The van der Waals surface area contributed by atoms with E-state index in [-0.39, 0.29) is 5.84 Å². The molecule has 0 aliphatic heterocycles. The van der Waals surface area contributed by atoms with Gasteiger partial charge in [0.15, 0.2) is 0 Å². The molecule has 0 bridgehead atoms. The van der Waals surface area contributed by atoms with Gasteiger partial charge in [-0.05, 0) is 13.0 Å². The molecule has 0 aromatic carbocycles. The van der Waals surface area contributed by atoms with Gasteiger partial charge in [-0.3, -0.25) is 10.4 Å². The Labute approximate surface area is 71.3 Å². The number of rotatable bonds is 3. The third kappa shape index (κ3) is 1.72. The predicted molar refractivity (Wildman–Crippen MR) is 49.4 cm³/mol. The van der Waals surface area contributed by atoms with E-state index in [0.717, 1.165) is 12.2 Å². The van der Waals surface area contributed by atoms with Crippen LogP contribution in [-0.4, -0.2) is 17.4 Å². The van der Waals surface area contributed by atoms with E-state index >= 15 is 0 Å². The highest BCUT2D eigenvalue weighted by Gasteiger charge is 2.02. The Kier molecular flexibility index (Phi) is 2.63. The molecule has 0 fully saturated rings. The molecule has 12 heavy (non-hydrogen) atoms. The fourth-order valence-corrected chi connectivity index (χ4v) is 0.961. The summed E-state index contributed by atoms with van der Waals surface area (Å²) < 4.78 is 0. The van der Waals surface area contributed by atoms with Crippen LogP contribution in [0, 0.1) is 5.41 Å². The molecule has 0 radical (unpaired) electrons. The van der Waals surface area contributed by atoms with Gasteiger partial charge >= 0.3 is 0 Å². The summed E-state index contributed by atoms with van der Waals surface area (Å²) in [4.78, 5) is 3.93. The van der Waals surface area contributed by atoms with Gasteiger partial charge in [0, 0.05) is 18.3 Å². The van der Waals surface area contributed by atoms with E-state index < -0.39 is 0 Å².